The Hall–Kier alpha value is -2.20. The van der Waals surface area contributed by atoms with Crippen molar-refractivity contribution in [3.8, 4) is 17.2 Å². The van der Waals surface area contributed by atoms with Gasteiger partial charge in [0.15, 0.2) is 11.5 Å². The Morgan fingerprint density at radius 2 is 1.46 bits per heavy atom. The molecular weight excluding hydrogens is 326 g/mol. The number of benzene rings is 2. The van der Waals surface area contributed by atoms with E-state index in [0.717, 1.165) is 17.7 Å². The minimum Gasteiger partial charge on any atom is -0.493 e. The molecule has 0 bridgehead atoms. The van der Waals surface area contributed by atoms with Crippen molar-refractivity contribution in [3.05, 3.63) is 53.1 Å². The minimum atomic E-state index is 0.0304. The quantitative estimate of drug-likeness (QED) is 0.708. The van der Waals surface area contributed by atoms with Gasteiger partial charge in [-0.05, 0) is 46.7 Å². The molecule has 0 unspecified atom stereocenters. The van der Waals surface area contributed by atoms with Gasteiger partial charge in [-0.15, -0.1) is 0 Å². The van der Waals surface area contributed by atoms with Crippen molar-refractivity contribution in [2.24, 2.45) is 5.73 Å². The number of aryl methyl sites for hydroxylation is 1. The van der Waals surface area contributed by atoms with Crippen LogP contribution in [-0.4, -0.2) is 20.3 Å². The monoisotopic (exact) mass is 357 g/mol. The molecule has 2 aromatic rings. The molecule has 0 aromatic heterocycles. The molecule has 0 aliphatic carbocycles. The molecule has 0 radical (unpaired) electrons. The molecule has 0 saturated carbocycles. The van der Waals surface area contributed by atoms with Gasteiger partial charge in [0.25, 0.3) is 0 Å². The zero-order valence-electron chi connectivity index (χ0n) is 16.6. The van der Waals surface area contributed by atoms with E-state index >= 15 is 0 Å². The number of hydrogen-bond donors (Lipinski definition) is 1. The van der Waals surface area contributed by atoms with Gasteiger partial charge in [-0.25, -0.2) is 0 Å². The first-order valence-corrected chi connectivity index (χ1v) is 9.15. The third-order valence-corrected chi connectivity index (χ3v) is 4.32. The van der Waals surface area contributed by atoms with E-state index in [9.17, 15) is 0 Å². The summed E-state index contributed by atoms with van der Waals surface area (Å²) in [4.78, 5) is 0. The summed E-state index contributed by atoms with van der Waals surface area (Å²) in [6.45, 7) is 10.2. The molecule has 0 aliphatic rings. The van der Waals surface area contributed by atoms with Gasteiger partial charge in [0.2, 0.25) is 0 Å². The van der Waals surface area contributed by atoms with Crippen LogP contribution in [0, 0.1) is 0 Å². The first-order chi connectivity index (χ1) is 12.4. The SMILES string of the molecule is CCc1ccc(OCCOc2ccc(CN)cc2OC)c(C(C)(C)C)c1. The fourth-order valence-corrected chi connectivity index (χ4v) is 2.77. The van der Waals surface area contributed by atoms with Crippen LogP contribution in [0.2, 0.25) is 0 Å². The Balaban J connectivity index is 2.00. The second-order valence-corrected chi connectivity index (χ2v) is 7.32. The van der Waals surface area contributed by atoms with Gasteiger partial charge >= 0.3 is 0 Å². The molecule has 4 heteroatoms. The van der Waals surface area contributed by atoms with Gasteiger partial charge < -0.3 is 19.9 Å². The second-order valence-electron chi connectivity index (χ2n) is 7.32. The first-order valence-electron chi connectivity index (χ1n) is 9.15. The molecule has 142 valence electrons. The smallest absolute Gasteiger partial charge is 0.161 e. The van der Waals surface area contributed by atoms with Crippen molar-refractivity contribution in [2.75, 3.05) is 20.3 Å². The van der Waals surface area contributed by atoms with Gasteiger partial charge in [0.05, 0.1) is 7.11 Å². The van der Waals surface area contributed by atoms with E-state index in [1.807, 2.05) is 18.2 Å². The van der Waals surface area contributed by atoms with E-state index in [1.165, 1.54) is 11.1 Å². The summed E-state index contributed by atoms with van der Waals surface area (Å²) < 4.78 is 17.2. The lowest BCUT2D eigenvalue weighted by Gasteiger charge is -2.24. The fourth-order valence-electron chi connectivity index (χ4n) is 2.77. The topological polar surface area (TPSA) is 53.7 Å². The van der Waals surface area contributed by atoms with Crippen LogP contribution in [-0.2, 0) is 18.4 Å². The van der Waals surface area contributed by atoms with Gasteiger partial charge in [0.1, 0.15) is 19.0 Å². The molecule has 0 fully saturated rings. The molecule has 0 aliphatic heterocycles. The van der Waals surface area contributed by atoms with Crippen molar-refractivity contribution in [1.29, 1.82) is 0 Å². The highest BCUT2D eigenvalue weighted by Gasteiger charge is 2.19. The molecule has 0 atom stereocenters. The predicted molar refractivity (Wildman–Crippen MR) is 106 cm³/mol. The van der Waals surface area contributed by atoms with Crippen LogP contribution in [0.1, 0.15) is 44.4 Å². The van der Waals surface area contributed by atoms with Crippen LogP contribution in [0.5, 0.6) is 17.2 Å². The van der Waals surface area contributed by atoms with Gasteiger partial charge in [-0.3, -0.25) is 0 Å². The Kier molecular flexibility index (Phi) is 6.92. The fraction of sp³-hybridized carbons (Fsp3) is 0.455. The van der Waals surface area contributed by atoms with Gasteiger partial charge in [0, 0.05) is 6.54 Å². The standard InChI is InChI=1S/C22H31NO3/c1-6-16-7-9-19(18(13-16)22(2,3)4)25-11-12-26-20-10-8-17(15-23)14-21(20)24-5/h7-10,13-14H,6,11-12,15,23H2,1-5H3. The van der Waals surface area contributed by atoms with Crippen LogP contribution < -0.4 is 19.9 Å². The molecule has 2 N–H and O–H groups in total. The minimum absolute atomic E-state index is 0.0304. The normalized spacial score (nSPS) is 11.3. The highest BCUT2D eigenvalue weighted by Crippen LogP contribution is 2.32. The summed E-state index contributed by atoms with van der Waals surface area (Å²) in [6.07, 6.45) is 1.02. The summed E-state index contributed by atoms with van der Waals surface area (Å²) in [5.41, 5.74) is 9.25. The van der Waals surface area contributed by atoms with Crippen molar-refractivity contribution in [1.82, 2.24) is 0 Å². The third kappa shape index (κ3) is 5.15. The van der Waals surface area contributed by atoms with Crippen LogP contribution in [0.15, 0.2) is 36.4 Å². The molecule has 2 rings (SSSR count). The third-order valence-electron chi connectivity index (χ3n) is 4.32. The van der Waals surface area contributed by atoms with Crippen LogP contribution in [0.3, 0.4) is 0 Å². The first kappa shape index (κ1) is 20.1. The van der Waals surface area contributed by atoms with E-state index < -0.39 is 0 Å². The number of methoxy groups -OCH3 is 1. The van der Waals surface area contributed by atoms with Gasteiger partial charge in [-0.1, -0.05) is 45.9 Å². The van der Waals surface area contributed by atoms with Crippen molar-refractivity contribution in [3.63, 3.8) is 0 Å². The zero-order valence-corrected chi connectivity index (χ0v) is 16.6. The lowest BCUT2D eigenvalue weighted by Crippen LogP contribution is -2.16. The maximum Gasteiger partial charge on any atom is 0.161 e. The lowest BCUT2D eigenvalue weighted by molar-refractivity contribution is 0.208. The molecule has 4 nitrogen and oxygen atoms in total. The van der Waals surface area contributed by atoms with E-state index in [1.54, 1.807) is 7.11 Å². The highest BCUT2D eigenvalue weighted by atomic mass is 16.5. The van der Waals surface area contributed by atoms with Crippen LogP contribution >= 0.6 is 0 Å². The predicted octanol–water partition coefficient (Wildman–Crippen LogP) is 4.47. The molecule has 0 spiro atoms. The molecule has 0 amide bonds. The molecular formula is C22H31NO3. The van der Waals surface area contributed by atoms with Crippen molar-refractivity contribution in [2.45, 2.75) is 46.1 Å². The van der Waals surface area contributed by atoms with E-state index in [-0.39, 0.29) is 5.41 Å². The second kappa shape index (κ2) is 8.95. The summed E-state index contributed by atoms with van der Waals surface area (Å²) in [5.74, 6) is 2.31. The Labute approximate surface area is 157 Å². The van der Waals surface area contributed by atoms with Crippen molar-refractivity contribution >= 4 is 0 Å². The molecule has 0 heterocycles. The molecule has 0 saturated heterocycles. The number of rotatable bonds is 8. The average molecular weight is 357 g/mol. The van der Waals surface area contributed by atoms with Crippen molar-refractivity contribution < 1.29 is 14.2 Å². The Morgan fingerprint density at radius 1 is 0.846 bits per heavy atom. The maximum absolute atomic E-state index is 6.02. The maximum atomic E-state index is 6.02. The average Bonchev–Trinajstić information content (AvgIpc) is 2.64. The summed E-state index contributed by atoms with van der Waals surface area (Å²) in [7, 11) is 1.63. The Bertz CT molecular complexity index is 720. The van der Waals surface area contributed by atoms with E-state index in [2.05, 4.69) is 45.9 Å². The van der Waals surface area contributed by atoms with E-state index in [0.29, 0.717) is 31.3 Å². The molecule has 2 aromatic carbocycles. The number of hydrogen-bond acceptors (Lipinski definition) is 4. The summed E-state index contributed by atoms with van der Waals surface area (Å²) in [5, 5.41) is 0. The van der Waals surface area contributed by atoms with Gasteiger partial charge in [-0.2, -0.15) is 0 Å². The summed E-state index contributed by atoms with van der Waals surface area (Å²) >= 11 is 0. The number of nitrogens with two attached hydrogens (primary N) is 1. The van der Waals surface area contributed by atoms with Crippen LogP contribution in [0.4, 0.5) is 0 Å². The summed E-state index contributed by atoms with van der Waals surface area (Å²) in [6, 6.07) is 12.2. The highest BCUT2D eigenvalue weighted by molar-refractivity contribution is 5.43. The zero-order chi connectivity index (χ0) is 19.2. The van der Waals surface area contributed by atoms with E-state index in [4.69, 9.17) is 19.9 Å². The molecule has 26 heavy (non-hydrogen) atoms. The number of ether oxygens (including phenoxy) is 3. The van der Waals surface area contributed by atoms with Crippen LogP contribution in [0.25, 0.3) is 0 Å². The largest absolute Gasteiger partial charge is 0.493 e. The lowest BCUT2D eigenvalue weighted by atomic mass is 9.85. The Morgan fingerprint density at radius 3 is 2.04 bits per heavy atom.